The zero-order chi connectivity index (χ0) is 23.4. The third kappa shape index (κ3) is 4.19. The maximum absolute atomic E-state index is 13.3. The number of halogens is 1. The summed E-state index contributed by atoms with van der Waals surface area (Å²) in [6.07, 6.45) is -0.153. The van der Waals surface area contributed by atoms with Crippen LogP contribution in [-0.4, -0.2) is 16.6 Å². The van der Waals surface area contributed by atoms with Crippen LogP contribution in [0.5, 0.6) is 0 Å². The molecule has 0 bridgehead atoms. The molecular formula is C27H16ClN3O2. The van der Waals surface area contributed by atoms with Crippen molar-refractivity contribution < 1.29 is 9.59 Å². The topological polar surface area (TPSA) is 97.5 Å². The van der Waals surface area contributed by atoms with E-state index in [1.165, 1.54) is 0 Å². The number of carbonyl (C=O) groups is 2. The van der Waals surface area contributed by atoms with Crippen molar-refractivity contribution in [3.05, 3.63) is 106 Å². The second kappa shape index (κ2) is 9.36. The molecule has 6 heteroatoms. The Morgan fingerprint density at radius 3 is 1.94 bits per heavy atom. The number of aromatic nitrogens is 1. The SMILES string of the molecule is N#CC/C(C(=O)c1ccc(Cl)cc1)=c1/[nH]/c(=C(/C#N)C(=O)c2ccccc2)c2ccccc12. The van der Waals surface area contributed by atoms with E-state index in [-0.39, 0.29) is 23.4 Å². The van der Waals surface area contributed by atoms with Gasteiger partial charge in [0.15, 0.2) is 5.78 Å². The summed E-state index contributed by atoms with van der Waals surface area (Å²) in [5.74, 6) is -0.762. The molecule has 0 atom stereocenters. The van der Waals surface area contributed by atoms with Crippen LogP contribution in [0.1, 0.15) is 27.1 Å². The number of nitrogens with one attached hydrogen (secondary N) is 1. The Morgan fingerprint density at radius 2 is 1.33 bits per heavy atom. The number of H-pyrrole nitrogens is 1. The molecule has 0 amide bonds. The molecule has 3 aromatic carbocycles. The zero-order valence-corrected chi connectivity index (χ0v) is 18.1. The lowest BCUT2D eigenvalue weighted by molar-refractivity contribution is 0.104. The van der Waals surface area contributed by atoms with E-state index >= 15 is 0 Å². The number of Topliss-reactive ketones (excluding diaryl/α,β-unsaturated/α-hetero) is 2. The van der Waals surface area contributed by atoms with Crippen molar-refractivity contribution in [3.8, 4) is 12.1 Å². The number of carbonyl (C=O) groups excluding carboxylic acids is 2. The Balaban J connectivity index is 2.06. The van der Waals surface area contributed by atoms with E-state index in [0.717, 1.165) is 0 Å². The molecule has 1 aromatic heterocycles. The van der Waals surface area contributed by atoms with Gasteiger partial charge in [-0.25, -0.2) is 0 Å². The predicted molar refractivity (Wildman–Crippen MR) is 127 cm³/mol. The first kappa shape index (κ1) is 21.8. The lowest BCUT2D eigenvalue weighted by Gasteiger charge is -2.03. The summed E-state index contributed by atoms with van der Waals surface area (Å²) < 4.78 is 0. The van der Waals surface area contributed by atoms with Crippen molar-refractivity contribution in [1.29, 1.82) is 10.5 Å². The fraction of sp³-hybridized carbons (Fsp3) is 0.0370. The van der Waals surface area contributed by atoms with Crippen molar-refractivity contribution >= 4 is 45.1 Å². The van der Waals surface area contributed by atoms with Gasteiger partial charge in [-0.15, -0.1) is 0 Å². The summed E-state index contributed by atoms with van der Waals surface area (Å²) in [4.78, 5) is 29.5. The second-order valence-corrected chi connectivity index (χ2v) is 7.69. The quantitative estimate of drug-likeness (QED) is 0.458. The molecule has 0 spiro atoms. The Bertz CT molecular complexity index is 1590. The van der Waals surface area contributed by atoms with Crippen LogP contribution >= 0.6 is 11.6 Å². The highest BCUT2D eigenvalue weighted by molar-refractivity contribution is 6.31. The summed E-state index contributed by atoms with van der Waals surface area (Å²) >= 11 is 5.94. The van der Waals surface area contributed by atoms with Gasteiger partial charge in [0.1, 0.15) is 11.6 Å². The highest BCUT2D eigenvalue weighted by atomic mass is 35.5. The van der Waals surface area contributed by atoms with Gasteiger partial charge in [0.05, 0.1) is 23.2 Å². The molecule has 0 radical (unpaired) electrons. The molecule has 5 nitrogen and oxygen atoms in total. The minimum absolute atomic E-state index is 0.0705. The molecule has 0 unspecified atom stereocenters. The molecule has 1 heterocycles. The number of rotatable bonds is 5. The van der Waals surface area contributed by atoms with Crippen LogP contribution in [-0.2, 0) is 0 Å². The van der Waals surface area contributed by atoms with Gasteiger partial charge in [0.2, 0.25) is 5.78 Å². The number of ketones is 2. The van der Waals surface area contributed by atoms with Gasteiger partial charge in [-0.2, -0.15) is 10.5 Å². The van der Waals surface area contributed by atoms with E-state index in [1.54, 1.807) is 78.9 Å². The fourth-order valence-electron chi connectivity index (χ4n) is 3.70. The molecule has 4 rings (SSSR count). The number of hydrogen-bond acceptors (Lipinski definition) is 4. The lowest BCUT2D eigenvalue weighted by Crippen LogP contribution is -2.21. The van der Waals surface area contributed by atoms with Gasteiger partial charge >= 0.3 is 0 Å². The van der Waals surface area contributed by atoms with E-state index in [1.807, 2.05) is 6.07 Å². The Labute approximate surface area is 194 Å². The molecule has 4 aromatic rings. The molecule has 0 saturated carbocycles. The fourth-order valence-corrected chi connectivity index (χ4v) is 3.83. The first-order valence-corrected chi connectivity index (χ1v) is 10.4. The van der Waals surface area contributed by atoms with Crippen LogP contribution in [0.25, 0.3) is 21.9 Å². The monoisotopic (exact) mass is 449 g/mol. The zero-order valence-electron chi connectivity index (χ0n) is 17.3. The average Bonchev–Trinajstić information content (AvgIpc) is 3.23. The molecular weight excluding hydrogens is 434 g/mol. The predicted octanol–water partition coefficient (Wildman–Crippen LogP) is 4.33. The Hall–Kier alpha value is -4.45. The van der Waals surface area contributed by atoms with Crippen LogP contribution in [0.3, 0.4) is 0 Å². The summed E-state index contributed by atoms with van der Waals surface area (Å²) in [6.45, 7) is 0. The van der Waals surface area contributed by atoms with Gasteiger partial charge < -0.3 is 4.98 Å². The van der Waals surface area contributed by atoms with Gasteiger partial charge in [0, 0.05) is 32.5 Å². The van der Waals surface area contributed by atoms with E-state index in [2.05, 4.69) is 11.1 Å². The van der Waals surface area contributed by atoms with Crippen molar-refractivity contribution in [2.45, 2.75) is 6.42 Å². The third-order valence-electron chi connectivity index (χ3n) is 5.28. The summed E-state index contributed by atoms with van der Waals surface area (Å²) in [6, 6.07) is 26.2. The summed E-state index contributed by atoms with van der Waals surface area (Å²) in [5, 5.41) is 21.8. The number of nitriles is 2. The van der Waals surface area contributed by atoms with E-state index < -0.39 is 5.78 Å². The number of nitrogens with zero attached hydrogens (tertiary/aromatic N) is 2. The Kier molecular flexibility index (Phi) is 6.17. The third-order valence-corrected chi connectivity index (χ3v) is 5.53. The standard InChI is InChI=1S/C27H16ClN3O2/c28-19-12-10-18(11-13-19)26(32)22(14-15-29)24-20-8-4-5-9-21(20)25(31-24)23(16-30)27(33)17-6-2-1-3-7-17/h1-13,31H,14H2/b24-22-,25-23-. The maximum Gasteiger partial charge on any atom is 0.205 e. The van der Waals surface area contributed by atoms with Gasteiger partial charge in [-0.3, -0.25) is 9.59 Å². The molecule has 0 aliphatic carbocycles. The second-order valence-electron chi connectivity index (χ2n) is 7.25. The van der Waals surface area contributed by atoms with E-state index in [9.17, 15) is 20.1 Å². The average molecular weight is 450 g/mol. The molecule has 1 N–H and O–H groups in total. The number of benzene rings is 3. The van der Waals surface area contributed by atoms with Gasteiger partial charge in [0.25, 0.3) is 0 Å². The van der Waals surface area contributed by atoms with Gasteiger partial charge in [-0.1, -0.05) is 66.2 Å². The molecule has 0 saturated heterocycles. The van der Waals surface area contributed by atoms with Crippen molar-refractivity contribution in [2.24, 2.45) is 0 Å². The number of aromatic amines is 1. The van der Waals surface area contributed by atoms with Crippen LogP contribution in [0.4, 0.5) is 0 Å². The highest BCUT2D eigenvalue weighted by Crippen LogP contribution is 2.17. The normalized spacial score (nSPS) is 12.5. The Morgan fingerprint density at radius 1 is 0.758 bits per heavy atom. The van der Waals surface area contributed by atoms with E-state index in [0.29, 0.717) is 37.6 Å². The van der Waals surface area contributed by atoms with Crippen LogP contribution in [0, 0.1) is 22.7 Å². The van der Waals surface area contributed by atoms with Crippen LogP contribution in [0.15, 0.2) is 78.9 Å². The molecule has 0 fully saturated rings. The maximum atomic E-state index is 13.3. The van der Waals surface area contributed by atoms with Crippen LogP contribution < -0.4 is 10.7 Å². The summed E-state index contributed by atoms with van der Waals surface area (Å²) in [5.41, 5.74) is 0.938. The number of hydrogen-bond donors (Lipinski definition) is 1. The van der Waals surface area contributed by atoms with Crippen molar-refractivity contribution in [2.75, 3.05) is 0 Å². The van der Waals surface area contributed by atoms with E-state index in [4.69, 9.17) is 11.6 Å². The van der Waals surface area contributed by atoms with Gasteiger partial charge in [-0.05, 0) is 24.3 Å². The minimum atomic E-state index is -0.428. The largest absolute Gasteiger partial charge is 0.353 e. The molecule has 0 aliphatic rings. The smallest absolute Gasteiger partial charge is 0.205 e. The molecule has 33 heavy (non-hydrogen) atoms. The van der Waals surface area contributed by atoms with Crippen LogP contribution in [0.2, 0.25) is 5.02 Å². The van der Waals surface area contributed by atoms with Crippen molar-refractivity contribution in [1.82, 2.24) is 4.98 Å². The number of fused-ring (bicyclic) bond motifs is 1. The summed E-state index contributed by atoms with van der Waals surface area (Å²) in [7, 11) is 0. The van der Waals surface area contributed by atoms with Crippen molar-refractivity contribution in [3.63, 3.8) is 0 Å². The first-order chi connectivity index (χ1) is 16.0. The minimum Gasteiger partial charge on any atom is -0.353 e. The highest BCUT2D eigenvalue weighted by Gasteiger charge is 2.19. The lowest BCUT2D eigenvalue weighted by atomic mass is 9.99. The molecule has 158 valence electrons. The molecule has 0 aliphatic heterocycles. The first-order valence-electron chi connectivity index (χ1n) is 10.1.